The molecule has 1 aromatic carbocycles. The fourth-order valence-electron chi connectivity index (χ4n) is 2.21. The maximum Gasteiger partial charge on any atom is 0.130 e. The van der Waals surface area contributed by atoms with Crippen LogP contribution in [0.2, 0.25) is 0 Å². The molecule has 0 saturated carbocycles. The normalized spacial score (nSPS) is 13.5. The van der Waals surface area contributed by atoms with Crippen LogP contribution in [0.4, 0.5) is 5.69 Å². The van der Waals surface area contributed by atoms with Crippen LogP contribution in [0.25, 0.3) is 0 Å². The monoisotopic (exact) mass is 245 g/mol. The lowest BCUT2D eigenvalue weighted by molar-refractivity contribution is -0.117. The molecule has 0 aromatic heterocycles. The molecule has 1 unspecified atom stereocenters. The molecule has 0 aliphatic heterocycles. The number of hydrogen-bond acceptors (Lipinski definition) is 2. The predicted octanol–water partition coefficient (Wildman–Crippen LogP) is 4.40. The summed E-state index contributed by atoms with van der Waals surface area (Å²) in [4.78, 5) is 16.0. The maximum absolute atomic E-state index is 11.2. The number of para-hydroxylation sites is 1. The summed E-state index contributed by atoms with van der Waals surface area (Å²) < 4.78 is 0. The van der Waals surface area contributed by atoms with Crippen LogP contribution in [0.15, 0.2) is 23.2 Å². The molecule has 0 saturated heterocycles. The van der Waals surface area contributed by atoms with Gasteiger partial charge in [-0.3, -0.25) is 4.99 Å². The maximum atomic E-state index is 11.2. The van der Waals surface area contributed by atoms with Gasteiger partial charge in [-0.15, -0.1) is 0 Å². The Morgan fingerprint density at radius 2 is 1.83 bits per heavy atom. The van der Waals surface area contributed by atoms with Crippen molar-refractivity contribution in [3.63, 3.8) is 0 Å². The van der Waals surface area contributed by atoms with E-state index in [1.807, 2.05) is 6.07 Å². The highest BCUT2D eigenvalue weighted by atomic mass is 16.1. The summed E-state index contributed by atoms with van der Waals surface area (Å²) in [6, 6.07) is 6.21. The SMILES string of the molecule is CCC(=Nc1c(C)cccc1C)C(C)CC(C)=O. The molecule has 98 valence electrons. The molecule has 0 fully saturated rings. The number of benzene rings is 1. The predicted molar refractivity (Wildman–Crippen MR) is 77.8 cm³/mol. The topological polar surface area (TPSA) is 29.4 Å². The van der Waals surface area contributed by atoms with Crippen molar-refractivity contribution < 1.29 is 4.79 Å². The second-order valence-electron chi connectivity index (χ2n) is 5.00. The zero-order valence-electron chi connectivity index (χ0n) is 12.1. The van der Waals surface area contributed by atoms with Crippen LogP contribution >= 0.6 is 0 Å². The number of aryl methyl sites for hydroxylation is 2. The summed E-state index contributed by atoms with van der Waals surface area (Å²) in [5.74, 6) is 0.455. The Hall–Kier alpha value is -1.44. The van der Waals surface area contributed by atoms with Crippen LogP contribution in [-0.4, -0.2) is 11.5 Å². The summed E-state index contributed by atoms with van der Waals surface area (Å²) in [5, 5.41) is 0. The minimum atomic E-state index is 0.227. The second-order valence-corrected chi connectivity index (χ2v) is 5.00. The van der Waals surface area contributed by atoms with Crippen molar-refractivity contribution in [1.82, 2.24) is 0 Å². The number of nitrogens with zero attached hydrogens (tertiary/aromatic N) is 1. The van der Waals surface area contributed by atoms with Gasteiger partial charge in [-0.2, -0.15) is 0 Å². The Bertz CT molecular complexity index is 440. The highest BCUT2D eigenvalue weighted by Crippen LogP contribution is 2.25. The van der Waals surface area contributed by atoms with Crippen LogP contribution in [-0.2, 0) is 4.79 Å². The lowest BCUT2D eigenvalue weighted by Crippen LogP contribution is -2.13. The Kier molecular flexibility index (Phi) is 5.26. The molecule has 2 nitrogen and oxygen atoms in total. The van der Waals surface area contributed by atoms with Gasteiger partial charge in [0.25, 0.3) is 0 Å². The van der Waals surface area contributed by atoms with E-state index in [9.17, 15) is 4.79 Å². The van der Waals surface area contributed by atoms with Crippen LogP contribution in [0.1, 0.15) is 44.7 Å². The van der Waals surface area contributed by atoms with E-state index in [0.29, 0.717) is 6.42 Å². The average Bonchev–Trinajstić information content (AvgIpc) is 2.27. The Labute approximate surface area is 110 Å². The number of Topliss-reactive ketones (excluding diaryl/α,β-unsaturated/α-hetero) is 1. The molecule has 0 amide bonds. The van der Waals surface area contributed by atoms with Gasteiger partial charge in [0, 0.05) is 18.1 Å². The van der Waals surface area contributed by atoms with Crippen molar-refractivity contribution in [2.24, 2.45) is 10.9 Å². The molecular formula is C16H23NO. The quantitative estimate of drug-likeness (QED) is 0.707. The van der Waals surface area contributed by atoms with E-state index >= 15 is 0 Å². The lowest BCUT2D eigenvalue weighted by atomic mass is 9.97. The zero-order valence-corrected chi connectivity index (χ0v) is 12.1. The van der Waals surface area contributed by atoms with Gasteiger partial charge in [-0.1, -0.05) is 32.0 Å². The molecule has 0 heterocycles. The molecule has 1 aromatic rings. The van der Waals surface area contributed by atoms with Gasteiger partial charge in [0.05, 0.1) is 5.69 Å². The second kappa shape index (κ2) is 6.48. The van der Waals surface area contributed by atoms with Gasteiger partial charge in [0.2, 0.25) is 0 Å². The van der Waals surface area contributed by atoms with Crippen LogP contribution in [0.5, 0.6) is 0 Å². The van der Waals surface area contributed by atoms with Crippen LogP contribution in [0.3, 0.4) is 0 Å². The van der Waals surface area contributed by atoms with E-state index in [1.165, 1.54) is 11.1 Å². The van der Waals surface area contributed by atoms with E-state index < -0.39 is 0 Å². The molecule has 0 spiro atoms. The van der Waals surface area contributed by atoms with E-state index in [2.05, 4.69) is 39.8 Å². The van der Waals surface area contributed by atoms with Crippen molar-refractivity contribution in [1.29, 1.82) is 0 Å². The average molecular weight is 245 g/mol. The number of aliphatic imine (C=N–C) groups is 1. The van der Waals surface area contributed by atoms with E-state index in [4.69, 9.17) is 4.99 Å². The van der Waals surface area contributed by atoms with Crippen molar-refractivity contribution in [3.8, 4) is 0 Å². The third kappa shape index (κ3) is 3.80. The van der Waals surface area contributed by atoms with E-state index in [1.54, 1.807) is 6.92 Å². The van der Waals surface area contributed by atoms with Crippen molar-refractivity contribution in [2.75, 3.05) is 0 Å². The summed E-state index contributed by atoms with van der Waals surface area (Å²) in [7, 11) is 0. The molecule has 0 aliphatic rings. The Morgan fingerprint density at radius 1 is 1.28 bits per heavy atom. The van der Waals surface area contributed by atoms with E-state index in [-0.39, 0.29) is 11.7 Å². The summed E-state index contributed by atoms with van der Waals surface area (Å²) >= 11 is 0. The van der Waals surface area contributed by atoms with Gasteiger partial charge in [-0.25, -0.2) is 0 Å². The number of rotatable bonds is 5. The highest BCUT2D eigenvalue weighted by molar-refractivity contribution is 5.92. The fraction of sp³-hybridized carbons (Fsp3) is 0.500. The number of carbonyl (C=O) groups is 1. The van der Waals surface area contributed by atoms with Crippen LogP contribution in [0, 0.1) is 19.8 Å². The Balaban J connectivity index is 3.07. The van der Waals surface area contributed by atoms with Crippen LogP contribution < -0.4 is 0 Å². The van der Waals surface area contributed by atoms with Gasteiger partial charge in [0.15, 0.2) is 0 Å². The molecule has 18 heavy (non-hydrogen) atoms. The minimum Gasteiger partial charge on any atom is -0.300 e. The summed E-state index contributed by atoms with van der Waals surface area (Å²) in [5.41, 5.74) is 4.55. The fourth-order valence-corrected chi connectivity index (χ4v) is 2.21. The molecule has 1 rings (SSSR count). The van der Waals surface area contributed by atoms with Gasteiger partial charge in [-0.05, 0) is 38.3 Å². The molecule has 0 N–H and O–H groups in total. The molecule has 0 aliphatic carbocycles. The minimum absolute atomic E-state index is 0.227. The first-order valence-electron chi connectivity index (χ1n) is 6.58. The lowest BCUT2D eigenvalue weighted by Gasteiger charge is -2.13. The molecule has 0 bridgehead atoms. The van der Waals surface area contributed by atoms with Crippen molar-refractivity contribution in [3.05, 3.63) is 29.3 Å². The number of hydrogen-bond donors (Lipinski definition) is 0. The number of ketones is 1. The summed E-state index contributed by atoms with van der Waals surface area (Å²) in [6.45, 7) is 9.98. The Morgan fingerprint density at radius 3 is 2.28 bits per heavy atom. The van der Waals surface area contributed by atoms with Crippen molar-refractivity contribution >= 4 is 17.2 Å². The van der Waals surface area contributed by atoms with Gasteiger partial charge >= 0.3 is 0 Å². The van der Waals surface area contributed by atoms with Crippen molar-refractivity contribution in [2.45, 2.75) is 47.5 Å². The zero-order chi connectivity index (χ0) is 13.7. The first kappa shape index (κ1) is 14.6. The first-order chi connectivity index (χ1) is 8.45. The molecule has 0 radical (unpaired) electrons. The molecule has 1 atom stereocenters. The summed E-state index contributed by atoms with van der Waals surface area (Å²) in [6.07, 6.45) is 1.47. The third-order valence-electron chi connectivity index (χ3n) is 3.22. The number of carbonyl (C=O) groups excluding carboxylic acids is 1. The molecular weight excluding hydrogens is 222 g/mol. The standard InChI is InChI=1S/C16H23NO/c1-6-15(13(4)10-14(5)18)17-16-11(2)8-7-9-12(16)3/h7-9,13H,6,10H2,1-5H3. The largest absolute Gasteiger partial charge is 0.300 e. The van der Waals surface area contributed by atoms with Gasteiger partial charge < -0.3 is 4.79 Å². The van der Waals surface area contributed by atoms with Gasteiger partial charge in [0.1, 0.15) is 5.78 Å². The smallest absolute Gasteiger partial charge is 0.130 e. The van der Waals surface area contributed by atoms with E-state index in [0.717, 1.165) is 17.8 Å². The first-order valence-corrected chi connectivity index (χ1v) is 6.58. The highest BCUT2D eigenvalue weighted by Gasteiger charge is 2.12. The molecule has 2 heteroatoms. The third-order valence-corrected chi connectivity index (χ3v) is 3.22.